The second-order valence-corrected chi connectivity index (χ2v) is 8.20. The summed E-state index contributed by atoms with van der Waals surface area (Å²) in [6.45, 7) is 11.5. The van der Waals surface area contributed by atoms with E-state index in [1.54, 1.807) is 6.92 Å². The summed E-state index contributed by atoms with van der Waals surface area (Å²) in [5, 5.41) is 11.8. The fraction of sp³-hybridized carbons (Fsp3) is 0.783. The molecule has 5 N–H and O–H groups in total. The average Bonchev–Trinajstić information content (AvgIpc) is 2.78. The van der Waals surface area contributed by atoms with Crippen LogP contribution >= 0.6 is 13.5 Å². The number of amides is 2. The predicted molar refractivity (Wildman–Crippen MR) is 140 cm³/mol. The molecule has 206 valence electrons. The van der Waals surface area contributed by atoms with Gasteiger partial charge in [0.2, 0.25) is 11.8 Å². The Morgan fingerprint density at radius 1 is 0.943 bits per heavy atom. The Bertz CT molecular complexity index is 604. The molecule has 2 amide bonds. The normalized spacial score (nSPS) is 11.7. The largest absolute Gasteiger partial charge is 0.461 e. The van der Waals surface area contributed by atoms with Crippen molar-refractivity contribution >= 4 is 43.3 Å². The van der Waals surface area contributed by atoms with Crippen LogP contribution in [0.4, 0.5) is 0 Å². The quantitative estimate of drug-likeness (QED) is 0.118. The minimum atomic E-state index is -1.04. The number of nitrogens with one attached hydrogen (secondary N) is 3. The first kappa shape index (κ1) is 37.5. The second kappa shape index (κ2) is 25.1. The third-order valence-electron chi connectivity index (χ3n) is 3.91. The Morgan fingerprint density at radius 2 is 1.51 bits per heavy atom. The number of ether oxygens (including phenoxy) is 3. The summed E-state index contributed by atoms with van der Waals surface area (Å²) in [7, 11) is 0. The molecule has 11 nitrogen and oxygen atoms in total. The fourth-order valence-corrected chi connectivity index (χ4v) is 2.05. The standard InChI is InChI=1S/C19H34N4O7.C4H10.H2S/c1-3-14(2)30-19(27)16(5-4-15(24)12-21)23-18(26)13-22-17(25)6-8-28-10-11-29-9-7-20;1-4(2)3;/h12,14,16,21H,3-11,13,20H2,1-2H3,(H,22,25)(H,23,26);4H,1-3H3;1H2/t14?,16-;;/m0../s1. The van der Waals surface area contributed by atoms with Gasteiger partial charge in [0.25, 0.3) is 0 Å². The molecule has 0 rings (SSSR count). The number of ketones is 1. The average molecular weight is 523 g/mol. The number of carbonyl (C=O) groups is 4. The van der Waals surface area contributed by atoms with Crippen molar-refractivity contribution in [3.63, 3.8) is 0 Å². The zero-order chi connectivity index (χ0) is 26.4. The van der Waals surface area contributed by atoms with E-state index in [1.165, 1.54) is 0 Å². The molecule has 35 heavy (non-hydrogen) atoms. The molecular weight excluding hydrogens is 476 g/mol. The highest BCUT2D eigenvalue weighted by Crippen LogP contribution is 2.05. The van der Waals surface area contributed by atoms with Crippen molar-refractivity contribution in [1.29, 1.82) is 5.41 Å². The molecule has 0 aromatic rings. The highest BCUT2D eigenvalue weighted by Gasteiger charge is 2.24. The molecule has 0 radical (unpaired) electrons. The maximum absolute atomic E-state index is 12.2. The molecule has 0 bridgehead atoms. The van der Waals surface area contributed by atoms with Crippen LogP contribution < -0.4 is 16.4 Å². The van der Waals surface area contributed by atoms with Crippen LogP contribution in [0.5, 0.6) is 0 Å². The summed E-state index contributed by atoms with van der Waals surface area (Å²) in [5.41, 5.74) is 5.28. The molecule has 0 spiro atoms. The van der Waals surface area contributed by atoms with Gasteiger partial charge in [-0.2, -0.15) is 13.5 Å². The number of carbonyl (C=O) groups excluding carboxylic acids is 4. The lowest BCUT2D eigenvalue weighted by Gasteiger charge is -2.20. The van der Waals surface area contributed by atoms with E-state index in [2.05, 4.69) is 31.4 Å². The van der Waals surface area contributed by atoms with E-state index >= 15 is 0 Å². The van der Waals surface area contributed by atoms with Crippen molar-refractivity contribution in [1.82, 2.24) is 10.6 Å². The monoisotopic (exact) mass is 522 g/mol. The summed E-state index contributed by atoms with van der Waals surface area (Å²) in [6, 6.07) is -1.04. The van der Waals surface area contributed by atoms with E-state index < -0.39 is 23.7 Å². The van der Waals surface area contributed by atoms with Crippen molar-refractivity contribution in [2.75, 3.05) is 39.5 Å². The number of hydrogen-bond acceptors (Lipinski definition) is 9. The first-order valence-electron chi connectivity index (χ1n) is 11.7. The predicted octanol–water partition coefficient (Wildman–Crippen LogP) is 1.09. The molecule has 0 saturated carbocycles. The summed E-state index contributed by atoms with van der Waals surface area (Å²) in [5.74, 6) is -1.27. The SMILES string of the molecule is CC(C)C.CCC(C)OC(=O)[C@H](CCC(=O)C=N)NC(=O)CNC(=O)CCOCCOCCN.S. The molecule has 0 heterocycles. The maximum Gasteiger partial charge on any atom is 0.328 e. The second-order valence-electron chi connectivity index (χ2n) is 8.20. The maximum atomic E-state index is 12.2. The highest BCUT2D eigenvalue weighted by molar-refractivity contribution is 7.59. The Morgan fingerprint density at radius 3 is 2.03 bits per heavy atom. The van der Waals surface area contributed by atoms with E-state index in [-0.39, 0.29) is 57.9 Å². The van der Waals surface area contributed by atoms with Gasteiger partial charge in [-0.1, -0.05) is 27.7 Å². The Hall–Kier alpha value is -2.02. The smallest absolute Gasteiger partial charge is 0.328 e. The van der Waals surface area contributed by atoms with Gasteiger partial charge in [0, 0.05) is 19.4 Å². The molecule has 0 saturated heterocycles. The van der Waals surface area contributed by atoms with Crippen LogP contribution in [0.15, 0.2) is 0 Å². The van der Waals surface area contributed by atoms with Gasteiger partial charge in [-0.15, -0.1) is 0 Å². The number of esters is 1. The zero-order valence-corrected chi connectivity index (χ0v) is 22.8. The van der Waals surface area contributed by atoms with Crippen LogP contribution in [-0.2, 0) is 33.4 Å². The van der Waals surface area contributed by atoms with Crippen LogP contribution in [0, 0.1) is 11.3 Å². The first-order chi connectivity index (χ1) is 16.1. The van der Waals surface area contributed by atoms with Gasteiger partial charge in [-0.25, -0.2) is 4.79 Å². The number of Topliss-reactive ketones (excluding diaryl/α,β-unsaturated/α-hetero) is 1. The van der Waals surface area contributed by atoms with Gasteiger partial charge in [-0.3, -0.25) is 14.4 Å². The Labute approximate surface area is 216 Å². The van der Waals surface area contributed by atoms with Crippen LogP contribution in [0.3, 0.4) is 0 Å². The molecule has 0 aliphatic rings. The first-order valence-corrected chi connectivity index (χ1v) is 11.7. The van der Waals surface area contributed by atoms with Gasteiger partial charge < -0.3 is 36.0 Å². The molecular formula is C23H46N4O7S. The molecule has 12 heteroatoms. The van der Waals surface area contributed by atoms with Crippen LogP contribution in [0.1, 0.15) is 60.3 Å². The number of rotatable bonds is 18. The Balaban J connectivity index is -0.00000189. The molecule has 0 fully saturated rings. The van der Waals surface area contributed by atoms with E-state index in [0.29, 0.717) is 39.0 Å². The minimum absolute atomic E-state index is 0. The number of nitrogens with two attached hydrogens (primary N) is 1. The molecule has 0 aromatic heterocycles. The van der Waals surface area contributed by atoms with E-state index in [9.17, 15) is 19.2 Å². The van der Waals surface area contributed by atoms with Crippen molar-refractivity contribution < 1.29 is 33.4 Å². The van der Waals surface area contributed by atoms with Crippen molar-refractivity contribution in [3.8, 4) is 0 Å². The van der Waals surface area contributed by atoms with Crippen LogP contribution in [-0.4, -0.2) is 81.4 Å². The molecule has 0 aliphatic heterocycles. The number of hydrogen-bond donors (Lipinski definition) is 4. The third-order valence-corrected chi connectivity index (χ3v) is 3.91. The Kier molecular flexibility index (Phi) is 26.9. The summed E-state index contributed by atoms with van der Waals surface area (Å²) >= 11 is 0. The summed E-state index contributed by atoms with van der Waals surface area (Å²) in [6.07, 6.45) is 0.911. The minimum Gasteiger partial charge on any atom is -0.461 e. The highest BCUT2D eigenvalue weighted by atomic mass is 32.1. The molecule has 1 unspecified atom stereocenters. The molecule has 2 atom stereocenters. The van der Waals surface area contributed by atoms with Gasteiger partial charge in [0.1, 0.15) is 6.04 Å². The third kappa shape index (κ3) is 26.4. The fourth-order valence-electron chi connectivity index (χ4n) is 2.05. The van der Waals surface area contributed by atoms with Crippen molar-refractivity contribution in [2.24, 2.45) is 11.7 Å². The van der Waals surface area contributed by atoms with Crippen LogP contribution in [0.2, 0.25) is 0 Å². The topological polar surface area (TPSA) is 170 Å². The lowest BCUT2D eigenvalue weighted by molar-refractivity contribution is -0.152. The van der Waals surface area contributed by atoms with E-state index in [4.69, 9.17) is 25.4 Å². The summed E-state index contributed by atoms with van der Waals surface area (Å²) < 4.78 is 15.6. The van der Waals surface area contributed by atoms with E-state index in [1.807, 2.05) is 6.92 Å². The van der Waals surface area contributed by atoms with Crippen molar-refractivity contribution in [3.05, 3.63) is 0 Å². The molecule has 0 aromatic carbocycles. The lowest BCUT2D eigenvalue weighted by atomic mass is 10.1. The van der Waals surface area contributed by atoms with Gasteiger partial charge >= 0.3 is 5.97 Å². The van der Waals surface area contributed by atoms with E-state index in [0.717, 1.165) is 5.92 Å². The van der Waals surface area contributed by atoms with Gasteiger partial charge in [0.15, 0.2) is 5.78 Å². The van der Waals surface area contributed by atoms with Gasteiger partial charge in [-0.05, 0) is 25.7 Å². The lowest BCUT2D eigenvalue weighted by Crippen LogP contribution is -2.47. The molecule has 0 aliphatic carbocycles. The van der Waals surface area contributed by atoms with Gasteiger partial charge in [0.05, 0.1) is 45.3 Å². The van der Waals surface area contributed by atoms with Crippen LogP contribution in [0.25, 0.3) is 0 Å². The zero-order valence-electron chi connectivity index (χ0n) is 21.8. The van der Waals surface area contributed by atoms with Crippen molar-refractivity contribution in [2.45, 2.75) is 72.4 Å². The summed E-state index contributed by atoms with van der Waals surface area (Å²) in [4.78, 5) is 47.4.